The quantitative estimate of drug-likeness (QED) is 0.785. The Morgan fingerprint density at radius 1 is 1.29 bits per heavy atom. The molecule has 1 aromatic carbocycles. The van der Waals surface area contributed by atoms with E-state index >= 15 is 0 Å². The van der Waals surface area contributed by atoms with Crippen molar-refractivity contribution in [1.29, 1.82) is 5.26 Å². The topological polar surface area (TPSA) is 35.8 Å². The molecule has 1 aromatic rings. The molecule has 0 bridgehead atoms. The molecular formula is C12H16N2. The van der Waals surface area contributed by atoms with Gasteiger partial charge in [0.2, 0.25) is 0 Å². The number of hydrogen-bond donors (Lipinski definition) is 1. The third-order valence-corrected chi connectivity index (χ3v) is 2.05. The lowest BCUT2D eigenvalue weighted by atomic mass is 10.1. The first-order valence-corrected chi connectivity index (χ1v) is 4.95. The van der Waals surface area contributed by atoms with Crippen LogP contribution in [0.3, 0.4) is 0 Å². The van der Waals surface area contributed by atoms with Crippen molar-refractivity contribution in [3.8, 4) is 6.07 Å². The molecule has 0 aliphatic rings. The molecule has 74 valence electrons. The number of hydrogen-bond acceptors (Lipinski definition) is 2. The second kappa shape index (κ2) is 5.41. The molecule has 14 heavy (non-hydrogen) atoms. The van der Waals surface area contributed by atoms with Gasteiger partial charge in [-0.2, -0.15) is 5.26 Å². The predicted octanol–water partition coefficient (Wildman–Crippen LogP) is 2.10. The van der Waals surface area contributed by atoms with Crippen molar-refractivity contribution in [3.05, 3.63) is 35.4 Å². The average Bonchev–Trinajstić information content (AvgIpc) is 2.18. The van der Waals surface area contributed by atoms with Gasteiger partial charge in [-0.1, -0.05) is 26.0 Å². The van der Waals surface area contributed by atoms with Crippen molar-refractivity contribution < 1.29 is 0 Å². The van der Waals surface area contributed by atoms with Gasteiger partial charge in [-0.3, -0.25) is 0 Å². The van der Waals surface area contributed by atoms with Crippen LogP contribution in [0.25, 0.3) is 0 Å². The summed E-state index contributed by atoms with van der Waals surface area (Å²) in [5, 5.41) is 12.0. The summed E-state index contributed by atoms with van der Waals surface area (Å²) >= 11 is 0. The zero-order valence-electron chi connectivity index (χ0n) is 8.75. The van der Waals surface area contributed by atoms with E-state index in [-0.39, 0.29) is 0 Å². The minimum Gasteiger partial charge on any atom is -0.314 e. The van der Waals surface area contributed by atoms with Crippen LogP contribution in [0.15, 0.2) is 24.3 Å². The van der Waals surface area contributed by atoms with E-state index in [4.69, 9.17) is 5.26 Å². The molecule has 0 heterocycles. The summed E-state index contributed by atoms with van der Waals surface area (Å²) in [5.74, 6) is 0. The van der Waals surface area contributed by atoms with Gasteiger partial charge in [0.1, 0.15) is 0 Å². The first kappa shape index (κ1) is 10.7. The van der Waals surface area contributed by atoms with E-state index < -0.39 is 0 Å². The van der Waals surface area contributed by atoms with E-state index in [1.54, 1.807) is 0 Å². The molecule has 1 N–H and O–H groups in total. The van der Waals surface area contributed by atoms with Gasteiger partial charge in [0, 0.05) is 6.04 Å². The Balaban J connectivity index is 2.41. The summed E-state index contributed by atoms with van der Waals surface area (Å²) in [4.78, 5) is 0. The molecule has 0 unspecified atom stereocenters. The van der Waals surface area contributed by atoms with Crippen LogP contribution in [0.4, 0.5) is 0 Å². The number of nitrogens with zero attached hydrogens (tertiary/aromatic N) is 1. The fourth-order valence-electron chi connectivity index (χ4n) is 1.25. The molecule has 1 rings (SSSR count). The molecule has 2 nitrogen and oxygen atoms in total. The van der Waals surface area contributed by atoms with Crippen LogP contribution in [-0.4, -0.2) is 12.6 Å². The fraction of sp³-hybridized carbons (Fsp3) is 0.417. The van der Waals surface area contributed by atoms with E-state index in [0.29, 0.717) is 6.04 Å². The maximum absolute atomic E-state index is 8.61. The molecule has 0 aliphatic carbocycles. The highest BCUT2D eigenvalue weighted by atomic mass is 14.9. The van der Waals surface area contributed by atoms with Crippen LogP contribution in [0, 0.1) is 11.3 Å². The van der Waals surface area contributed by atoms with Gasteiger partial charge in [-0.15, -0.1) is 0 Å². The summed E-state index contributed by atoms with van der Waals surface area (Å²) in [7, 11) is 0. The average molecular weight is 188 g/mol. The first-order chi connectivity index (χ1) is 6.72. The second-order valence-electron chi connectivity index (χ2n) is 3.67. The van der Waals surface area contributed by atoms with Gasteiger partial charge >= 0.3 is 0 Å². The zero-order chi connectivity index (χ0) is 10.4. The SMILES string of the molecule is CC(C)NCCc1ccc(C#N)cc1. The molecule has 0 fully saturated rings. The Bertz CT molecular complexity index is 306. The summed E-state index contributed by atoms with van der Waals surface area (Å²) < 4.78 is 0. The molecule has 0 aliphatic heterocycles. The van der Waals surface area contributed by atoms with Crippen LogP contribution in [0.2, 0.25) is 0 Å². The molecule has 0 saturated heterocycles. The van der Waals surface area contributed by atoms with Crippen LogP contribution < -0.4 is 5.32 Å². The zero-order valence-corrected chi connectivity index (χ0v) is 8.75. The Morgan fingerprint density at radius 2 is 1.93 bits per heavy atom. The van der Waals surface area contributed by atoms with Crippen molar-refractivity contribution in [2.24, 2.45) is 0 Å². The molecule has 0 atom stereocenters. The maximum atomic E-state index is 8.61. The van der Waals surface area contributed by atoms with Crippen LogP contribution >= 0.6 is 0 Å². The molecule has 0 amide bonds. The van der Waals surface area contributed by atoms with Crippen LogP contribution in [0.1, 0.15) is 25.0 Å². The third-order valence-electron chi connectivity index (χ3n) is 2.05. The van der Waals surface area contributed by atoms with Crippen molar-refractivity contribution in [1.82, 2.24) is 5.32 Å². The number of nitrogens with one attached hydrogen (secondary N) is 1. The first-order valence-electron chi connectivity index (χ1n) is 4.95. The van der Waals surface area contributed by atoms with Gasteiger partial charge in [0.15, 0.2) is 0 Å². The number of nitriles is 1. The molecule has 0 aromatic heterocycles. The second-order valence-corrected chi connectivity index (χ2v) is 3.67. The Hall–Kier alpha value is -1.33. The lowest BCUT2D eigenvalue weighted by molar-refractivity contribution is 0.590. The largest absolute Gasteiger partial charge is 0.314 e. The summed E-state index contributed by atoms with van der Waals surface area (Å²) in [6.45, 7) is 5.27. The summed E-state index contributed by atoms with van der Waals surface area (Å²) in [5.41, 5.74) is 2.00. The van der Waals surface area contributed by atoms with Gasteiger partial charge in [-0.25, -0.2) is 0 Å². The van der Waals surface area contributed by atoms with Gasteiger partial charge in [0.05, 0.1) is 11.6 Å². The molecular weight excluding hydrogens is 172 g/mol. The Kier molecular flexibility index (Phi) is 4.15. The van der Waals surface area contributed by atoms with E-state index in [1.807, 2.05) is 24.3 Å². The highest BCUT2D eigenvalue weighted by molar-refractivity contribution is 5.31. The smallest absolute Gasteiger partial charge is 0.0991 e. The standard InChI is InChI=1S/C12H16N2/c1-10(2)14-8-7-11-3-5-12(9-13)6-4-11/h3-6,10,14H,7-8H2,1-2H3. The lowest BCUT2D eigenvalue weighted by Gasteiger charge is -2.07. The molecule has 0 radical (unpaired) electrons. The maximum Gasteiger partial charge on any atom is 0.0991 e. The molecule has 0 spiro atoms. The minimum atomic E-state index is 0.536. The van der Waals surface area contributed by atoms with Gasteiger partial charge in [0.25, 0.3) is 0 Å². The van der Waals surface area contributed by atoms with Crippen molar-refractivity contribution in [2.45, 2.75) is 26.3 Å². The molecule has 2 heteroatoms. The number of rotatable bonds is 4. The predicted molar refractivity (Wildman–Crippen MR) is 58.0 cm³/mol. The van der Waals surface area contributed by atoms with Crippen LogP contribution in [0.5, 0.6) is 0 Å². The van der Waals surface area contributed by atoms with E-state index in [9.17, 15) is 0 Å². The summed E-state index contributed by atoms with van der Waals surface area (Å²) in [6.07, 6.45) is 1.02. The van der Waals surface area contributed by atoms with E-state index in [0.717, 1.165) is 18.5 Å². The van der Waals surface area contributed by atoms with Crippen molar-refractivity contribution in [2.75, 3.05) is 6.54 Å². The third kappa shape index (κ3) is 3.59. The van der Waals surface area contributed by atoms with Crippen molar-refractivity contribution in [3.63, 3.8) is 0 Å². The van der Waals surface area contributed by atoms with Gasteiger partial charge in [-0.05, 0) is 30.7 Å². The summed E-state index contributed by atoms with van der Waals surface area (Å²) in [6, 6.07) is 10.4. The van der Waals surface area contributed by atoms with Crippen LogP contribution in [-0.2, 0) is 6.42 Å². The highest BCUT2D eigenvalue weighted by Crippen LogP contribution is 2.03. The van der Waals surface area contributed by atoms with E-state index in [1.165, 1.54) is 5.56 Å². The highest BCUT2D eigenvalue weighted by Gasteiger charge is 1.95. The van der Waals surface area contributed by atoms with Crippen molar-refractivity contribution >= 4 is 0 Å². The Labute approximate surface area is 85.6 Å². The fourth-order valence-corrected chi connectivity index (χ4v) is 1.25. The Morgan fingerprint density at radius 3 is 2.43 bits per heavy atom. The lowest BCUT2D eigenvalue weighted by Crippen LogP contribution is -2.24. The molecule has 0 saturated carbocycles. The minimum absolute atomic E-state index is 0.536. The monoisotopic (exact) mass is 188 g/mol. The normalized spacial score (nSPS) is 10.1. The number of benzene rings is 1. The van der Waals surface area contributed by atoms with Gasteiger partial charge < -0.3 is 5.32 Å². The van der Waals surface area contributed by atoms with E-state index in [2.05, 4.69) is 25.2 Å².